The van der Waals surface area contributed by atoms with Gasteiger partial charge in [-0.25, -0.2) is 18.2 Å². The van der Waals surface area contributed by atoms with Crippen molar-refractivity contribution in [1.82, 2.24) is 19.5 Å². The van der Waals surface area contributed by atoms with Gasteiger partial charge < -0.3 is 23.7 Å². The summed E-state index contributed by atoms with van der Waals surface area (Å²) in [6, 6.07) is 8.15. The molecule has 2 aromatic heterocycles. The van der Waals surface area contributed by atoms with Crippen molar-refractivity contribution in [2.45, 2.75) is 84.4 Å². The summed E-state index contributed by atoms with van der Waals surface area (Å²) in [6.45, 7) is 7.09. The number of esters is 1. The molecule has 0 spiro atoms. The number of carbonyl (C=O) groups is 1. The lowest BCUT2D eigenvalue weighted by molar-refractivity contribution is -0.143. The number of imidazole rings is 1. The minimum absolute atomic E-state index is 0.0182. The Morgan fingerprint density at radius 3 is 2.19 bits per heavy atom. The van der Waals surface area contributed by atoms with Gasteiger partial charge in [0, 0.05) is 6.54 Å². The summed E-state index contributed by atoms with van der Waals surface area (Å²) < 4.78 is 89.0. The highest BCUT2D eigenvalue weighted by Crippen LogP contribution is 2.36. The molecule has 0 N–H and O–H groups in total. The lowest BCUT2D eigenvalue weighted by Crippen LogP contribution is -2.33. The summed E-state index contributed by atoms with van der Waals surface area (Å²) in [7, 11) is 0. The van der Waals surface area contributed by atoms with E-state index in [1.165, 1.54) is 35.7 Å². The van der Waals surface area contributed by atoms with E-state index >= 15 is 0 Å². The number of nitrogens with zero attached hydrogens (tertiary/aromatic N) is 5. The molecule has 0 bridgehead atoms. The van der Waals surface area contributed by atoms with Crippen LogP contribution in [0.2, 0.25) is 0 Å². The van der Waals surface area contributed by atoms with Crippen LogP contribution in [0.5, 0.6) is 11.6 Å². The van der Waals surface area contributed by atoms with Crippen molar-refractivity contribution >= 4 is 23.1 Å². The van der Waals surface area contributed by atoms with E-state index in [9.17, 15) is 26.7 Å². The molecule has 1 fully saturated rings. The fourth-order valence-electron chi connectivity index (χ4n) is 5.35. The zero-order valence-electron chi connectivity index (χ0n) is 26.6. The van der Waals surface area contributed by atoms with Crippen molar-refractivity contribution in [3.63, 3.8) is 0 Å². The van der Waals surface area contributed by atoms with E-state index in [2.05, 4.69) is 27.1 Å². The summed E-state index contributed by atoms with van der Waals surface area (Å²) in [5, 5.41) is 0. The molecular formula is C33H36F5N5O4. The smallest absolute Gasteiger partial charge is 0.326 e. The lowest BCUT2D eigenvalue weighted by Gasteiger charge is -2.28. The summed E-state index contributed by atoms with van der Waals surface area (Å²) in [5.41, 5.74) is 1.30. The number of anilines is 1. The van der Waals surface area contributed by atoms with Gasteiger partial charge in [0.1, 0.15) is 13.3 Å². The number of aromatic nitrogens is 4. The molecule has 1 saturated carbocycles. The van der Waals surface area contributed by atoms with Gasteiger partial charge in [-0.3, -0.25) is 4.79 Å². The second-order valence-electron chi connectivity index (χ2n) is 12.3. The Bertz CT molecular complexity index is 1710. The minimum Gasteiger partial charge on any atom is -0.465 e. The number of hydrogen-bond acceptors (Lipinski definition) is 8. The highest BCUT2D eigenvalue weighted by molar-refractivity contribution is 5.80. The van der Waals surface area contributed by atoms with Gasteiger partial charge in [0.2, 0.25) is 40.8 Å². The monoisotopic (exact) mass is 661 g/mol. The third kappa shape index (κ3) is 7.80. The lowest BCUT2D eigenvalue weighted by atomic mass is 9.84. The Morgan fingerprint density at radius 2 is 1.57 bits per heavy atom. The van der Waals surface area contributed by atoms with E-state index in [0.717, 1.165) is 18.4 Å². The normalized spacial score (nSPS) is 14.1. The maximum absolute atomic E-state index is 14.7. The van der Waals surface area contributed by atoms with Crippen LogP contribution < -0.4 is 9.64 Å². The van der Waals surface area contributed by atoms with E-state index in [4.69, 9.17) is 14.2 Å². The molecule has 0 aliphatic heterocycles. The molecule has 4 aromatic rings. The Hall–Kier alpha value is -4.33. The Morgan fingerprint density at radius 1 is 0.936 bits per heavy atom. The highest BCUT2D eigenvalue weighted by atomic mass is 19.2. The van der Waals surface area contributed by atoms with Gasteiger partial charge in [0.05, 0.1) is 18.5 Å². The second kappa shape index (κ2) is 14.2. The van der Waals surface area contributed by atoms with Crippen LogP contribution in [0.25, 0.3) is 11.2 Å². The first-order chi connectivity index (χ1) is 22.4. The summed E-state index contributed by atoms with van der Waals surface area (Å²) in [4.78, 5) is 27.0. The van der Waals surface area contributed by atoms with Crippen molar-refractivity contribution in [3.05, 3.63) is 70.8 Å². The molecule has 0 unspecified atom stereocenters. The fraction of sp³-hybridized carbons (Fsp3) is 0.455. The first-order valence-corrected chi connectivity index (χ1v) is 15.4. The van der Waals surface area contributed by atoms with Gasteiger partial charge in [-0.05, 0) is 57.6 Å². The van der Waals surface area contributed by atoms with Crippen LogP contribution in [0.15, 0.2) is 30.6 Å². The zero-order valence-corrected chi connectivity index (χ0v) is 26.6. The molecule has 47 heavy (non-hydrogen) atoms. The number of ether oxygens (including phenoxy) is 3. The van der Waals surface area contributed by atoms with Crippen LogP contribution >= 0.6 is 0 Å². The molecule has 5 rings (SSSR count). The molecule has 14 heteroatoms. The van der Waals surface area contributed by atoms with E-state index in [-0.39, 0.29) is 43.5 Å². The molecule has 252 valence electrons. The third-order valence-corrected chi connectivity index (χ3v) is 7.76. The molecule has 0 saturated heterocycles. The van der Waals surface area contributed by atoms with Crippen molar-refractivity contribution < 1.29 is 41.0 Å². The van der Waals surface area contributed by atoms with Crippen molar-refractivity contribution in [2.75, 3.05) is 18.2 Å². The quantitative estimate of drug-likeness (QED) is 0.0531. The van der Waals surface area contributed by atoms with Crippen LogP contribution in [-0.2, 0) is 27.4 Å². The SMILES string of the molecule is CCOC(=O)Cn1cnc2c(Oc3c(F)c(F)c(F)c(F)c3F)nc(N(COC(C)(C)C)Cc3ccc(C4CCCCC4)cc3)nc21. The molecule has 1 aliphatic rings. The Balaban J connectivity index is 1.58. The maximum atomic E-state index is 14.7. The van der Waals surface area contributed by atoms with Crippen LogP contribution in [0.4, 0.5) is 27.9 Å². The average molecular weight is 662 g/mol. The molecule has 0 amide bonds. The molecule has 2 aromatic carbocycles. The number of fused-ring (bicyclic) bond motifs is 1. The van der Waals surface area contributed by atoms with E-state index in [1.54, 1.807) is 11.8 Å². The Labute approximate surface area is 268 Å². The van der Waals surface area contributed by atoms with Crippen molar-refractivity contribution in [3.8, 4) is 11.6 Å². The standard InChI is InChI=1S/C33H36F5N5O4/c1-5-45-22(44)16-42-17-39-28-30(42)40-32(41-31(28)47-29-26(37)24(35)23(34)25(36)27(29)38)43(18-46-33(2,3)4)15-19-11-13-21(14-12-19)20-9-7-6-8-10-20/h11-14,17,20H,5-10,15-16,18H2,1-4H3. The van der Waals surface area contributed by atoms with Gasteiger partial charge in [0.15, 0.2) is 11.2 Å². The van der Waals surface area contributed by atoms with Crippen LogP contribution in [-0.4, -0.2) is 44.4 Å². The maximum Gasteiger partial charge on any atom is 0.326 e. The van der Waals surface area contributed by atoms with Gasteiger partial charge in [0.25, 0.3) is 5.88 Å². The molecule has 0 radical (unpaired) electrons. The Kier molecular flexibility index (Phi) is 10.3. The number of rotatable bonds is 11. The second-order valence-corrected chi connectivity index (χ2v) is 12.3. The van der Waals surface area contributed by atoms with Gasteiger partial charge in [-0.1, -0.05) is 43.5 Å². The number of carbonyl (C=O) groups excluding carboxylic acids is 1. The predicted octanol–water partition coefficient (Wildman–Crippen LogP) is 7.70. The summed E-state index contributed by atoms with van der Waals surface area (Å²) in [6.07, 6.45) is 7.13. The molecule has 2 heterocycles. The third-order valence-electron chi connectivity index (χ3n) is 7.76. The van der Waals surface area contributed by atoms with Crippen LogP contribution in [0, 0.1) is 29.1 Å². The first kappa shape index (κ1) is 34.0. The largest absolute Gasteiger partial charge is 0.465 e. The fourth-order valence-corrected chi connectivity index (χ4v) is 5.35. The molecule has 9 nitrogen and oxygen atoms in total. The van der Waals surface area contributed by atoms with E-state index < -0.39 is 52.3 Å². The molecule has 1 aliphatic carbocycles. The number of hydrogen-bond donors (Lipinski definition) is 0. The summed E-state index contributed by atoms with van der Waals surface area (Å²) in [5.74, 6) is -13.5. The zero-order chi connectivity index (χ0) is 33.9. The first-order valence-electron chi connectivity index (χ1n) is 15.4. The molecule has 0 atom stereocenters. The highest BCUT2D eigenvalue weighted by Gasteiger charge is 2.30. The van der Waals surface area contributed by atoms with E-state index in [1.807, 2.05) is 32.9 Å². The topological polar surface area (TPSA) is 91.6 Å². The van der Waals surface area contributed by atoms with Crippen LogP contribution in [0.3, 0.4) is 0 Å². The van der Waals surface area contributed by atoms with Gasteiger partial charge >= 0.3 is 5.97 Å². The van der Waals surface area contributed by atoms with Crippen LogP contribution in [0.1, 0.15) is 76.8 Å². The average Bonchev–Trinajstić information content (AvgIpc) is 3.45. The number of halogens is 5. The minimum atomic E-state index is -2.33. The molecular weight excluding hydrogens is 625 g/mol. The van der Waals surface area contributed by atoms with E-state index in [0.29, 0.717) is 5.92 Å². The van der Waals surface area contributed by atoms with Gasteiger partial charge in [-0.2, -0.15) is 18.7 Å². The van der Waals surface area contributed by atoms with Gasteiger partial charge in [-0.15, -0.1) is 0 Å². The predicted molar refractivity (Wildman–Crippen MR) is 162 cm³/mol. The van der Waals surface area contributed by atoms with Crippen molar-refractivity contribution in [1.29, 1.82) is 0 Å². The number of benzene rings is 2. The summed E-state index contributed by atoms with van der Waals surface area (Å²) >= 11 is 0. The van der Waals surface area contributed by atoms with Crippen molar-refractivity contribution in [2.24, 2.45) is 0 Å².